The van der Waals surface area contributed by atoms with Gasteiger partial charge in [0, 0.05) is 44.7 Å². The number of rotatable bonds is 5. The van der Waals surface area contributed by atoms with Crippen LogP contribution in [-0.2, 0) is 16.1 Å². The van der Waals surface area contributed by atoms with Gasteiger partial charge in [-0.15, -0.1) is 12.4 Å². The molecule has 0 spiro atoms. The van der Waals surface area contributed by atoms with Gasteiger partial charge in [-0.05, 0) is 35.4 Å². The standard InChI is InChI=1S/C21H23ClFN3O2.ClH/c1-15(27)24-20(17-4-6-18(22)7-5-17)21(28)26-12-10-25(11-13-26)14-16-2-8-19(23)9-3-16;/h2-9,20H,10-14H2,1H3,(H,24,27);1H. The van der Waals surface area contributed by atoms with Crippen molar-refractivity contribution in [3.63, 3.8) is 0 Å². The second-order valence-electron chi connectivity index (χ2n) is 6.91. The highest BCUT2D eigenvalue weighted by Gasteiger charge is 2.29. The molecule has 5 nitrogen and oxygen atoms in total. The normalized spacial score (nSPS) is 15.3. The third kappa shape index (κ3) is 6.42. The van der Waals surface area contributed by atoms with Crippen LogP contribution >= 0.6 is 24.0 Å². The number of halogens is 3. The van der Waals surface area contributed by atoms with Crippen LogP contribution in [0.2, 0.25) is 5.02 Å². The first kappa shape index (κ1) is 23.1. The molecule has 1 fully saturated rings. The second kappa shape index (κ2) is 10.6. The lowest BCUT2D eigenvalue weighted by Crippen LogP contribution is -2.51. The molecule has 0 radical (unpaired) electrons. The minimum Gasteiger partial charge on any atom is -0.341 e. The van der Waals surface area contributed by atoms with Gasteiger partial charge in [-0.2, -0.15) is 0 Å². The van der Waals surface area contributed by atoms with Gasteiger partial charge in [0.1, 0.15) is 11.9 Å². The molecule has 3 rings (SSSR count). The van der Waals surface area contributed by atoms with Crippen LogP contribution in [0.25, 0.3) is 0 Å². The largest absolute Gasteiger partial charge is 0.341 e. The molecule has 1 heterocycles. The van der Waals surface area contributed by atoms with Crippen LogP contribution in [0.5, 0.6) is 0 Å². The Labute approximate surface area is 181 Å². The number of hydrogen-bond donors (Lipinski definition) is 1. The first-order valence-corrected chi connectivity index (χ1v) is 9.58. The van der Waals surface area contributed by atoms with Crippen molar-refractivity contribution in [3.05, 3.63) is 70.5 Å². The van der Waals surface area contributed by atoms with Crippen molar-refractivity contribution >= 4 is 35.8 Å². The minimum atomic E-state index is -0.724. The highest BCUT2D eigenvalue weighted by molar-refractivity contribution is 6.30. The number of nitrogens with zero attached hydrogens (tertiary/aromatic N) is 2. The van der Waals surface area contributed by atoms with E-state index in [4.69, 9.17) is 11.6 Å². The van der Waals surface area contributed by atoms with Crippen LogP contribution in [0.1, 0.15) is 24.1 Å². The zero-order chi connectivity index (χ0) is 20.1. The van der Waals surface area contributed by atoms with Crippen molar-refractivity contribution in [2.75, 3.05) is 26.2 Å². The molecule has 0 bridgehead atoms. The third-order valence-electron chi connectivity index (χ3n) is 4.80. The number of nitrogens with one attached hydrogen (secondary N) is 1. The maximum atomic E-state index is 13.0. The van der Waals surface area contributed by atoms with Gasteiger partial charge in [0.05, 0.1) is 0 Å². The van der Waals surface area contributed by atoms with E-state index in [0.717, 1.165) is 18.7 Å². The number of piperazine rings is 1. The predicted molar refractivity (Wildman–Crippen MR) is 114 cm³/mol. The smallest absolute Gasteiger partial charge is 0.249 e. The summed E-state index contributed by atoms with van der Waals surface area (Å²) in [5.41, 5.74) is 1.75. The molecule has 1 aliphatic rings. The van der Waals surface area contributed by atoms with E-state index >= 15 is 0 Å². The van der Waals surface area contributed by atoms with E-state index in [-0.39, 0.29) is 30.0 Å². The molecule has 0 saturated carbocycles. The fraction of sp³-hybridized carbons (Fsp3) is 0.333. The molecule has 2 amide bonds. The van der Waals surface area contributed by atoms with Gasteiger partial charge in [-0.1, -0.05) is 35.9 Å². The molecule has 1 N–H and O–H groups in total. The Bertz CT molecular complexity index is 823. The van der Waals surface area contributed by atoms with Crippen molar-refractivity contribution in [2.24, 2.45) is 0 Å². The number of benzene rings is 2. The Kier molecular flexibility index (Phi) is 8.44. The van der Waals surface area contributed by atoms with Crippen LogP contribution in [0, 0.1) is 5.82 Å². The van der Waals surface area contributed by atoms with Crippen LogP contribution in [0.3, 0.4) is 0 Å². The van der Waals surface area contributed by atoms with Crippen LogP contribution in [-0.4, -0.2) is 47.8 Å². The van der Waals surface area contributed by atoms with Crippen molar-refractivity contribution in [2.45, 2.75) is 19.5 Å². The molecule has 1 atom stereocenters. The fourth-order valence-electron chi connectivity index (χ4n) is 3.30. The van der Waals surface area contributed by atoms with E-state index in [1.807, 2.05) is 0 Å². The summed E-state index contributed by atoms with van der Waals surface area (Å²) in [7, 11) is 0. The molecule has 156 valence electrons. The average molecular weight is 440 g/mol. The van der Waals surface area contributed by atoms with Gasteiger partial charge in [0.15, 0.2) is 0 Å². The van der Waals surface area contributed by atoms with E-state index in [1.165, 1.54) is 19.1 Å². The maximum absolute atomic E-state index is 13.0. The van der Waals surface area contributed by atoms with Crippen LogP contribution in [0.4, 0.5) is 4.39 Å². The number of carbonyl (C=O) groups excluding carboxylic acids is 2. The van der Waals surface area contributed by atoms with E-state index < -0.39 is 6.04 Å². The number of amides is 2. The van der Waals surface area contributed by atoms with Crippen molar-refractivity contribution in [1.82, 2.24) is 15.1 Å². The Morgan fingerprint density at radius 1 is 1.03 bits per heavy atom. The number of carbonyl (C=O) groups is 2. The summed E-state index contributed by atoms with van der Waals surface area (Å²) >= 11 is 5.93. The maximum Gasteiger partial charge on any atom is 0.249 e. The third-order valence-corrected chi connectivity index (χ3v) is 5.05. The lowest BCUT2D eigenvalue weighted by atomic mass is 10.0. The van der Waals surface area contributed by atoms with Gasteiger partial charge in [0.2, 0.25) is 11.8 Å². The highest BCUT2D eigenvalue weighted by atomic mass is 35.5. The van der Waals surface area contributed by atoms with Gasteiger partial charge < -0.3 is 10.2 Å². The van der Waals surface area contributed by atoms with Crippen molar-refractivity contribution in [3.8, 4) is 0 Å². The van der Waals surface area contributed by atoms with E-state index in [2.05, 4.69) is 10.2 Å². The van der Waals surface area contributed by atoms with Gasteiger partial charge >= 0.3 is 0 Å². The van der Waals surface area contributed by atoms with Crippen LogP contribution < -0.4 is 5.32 Å². The minimum absolute atomic E-state index is 0. The fourth-order valence-corrected chi connectivity index (χ4v) is 3.43. The summed E-state index contributed by atoms with van der Waals surface area (Å²) in [6.45, 7) is 4.70. The van der Waals surface area contributed by atoms with E-state index in [0.29, 0.717) is 30.2 Å². The number of hydrogen-bond acceptors (Lipinski definition) is 3. The Hall–Kier alpha value is -2.15. The molecule has 1 unspecified atom stereocenters. The Morgan fingerprint density at radius 3 is 2.17 bits per heavy atom. The summed E-state index contributed by atoms with van der Waals surface area (Å²) in [5.74, 6) is -0.632. The van der Waals surface area contributed by atoms with E-state index in [1.54, 1.807) is 41.3 Å². The monoisotopic (exact) mass is 439 g/mol. The SMILES string of the molecule is CC(=O)NC(C(=O)N1CCN(Cc2ccc(F)cc2)CC1)c1ccc(Cl)cc1.Cl. The second-order valence-corrected chi connectivity index (χ2v) is 7.35. The van der Waals surface area contributed by atoms with Crippen molar-refractivity contribution in [1.29, 1.82) is 0 Å². The summed E-state index contributed by atoms with van der Waals surface area (Å²) in [6, 6.07) is 12.7. The summed E-state index contributed by atoms with van der Waals surface area (Å²) in [6.07, 6.45) is 0. The quantitative estimate of drug-likeness (QED) is 0.776. The lowest BCUT2D eigenvalue weighted by molar-refractivity contribution is -0.137. The average Bonchev–Trinajstić information content (AvgIpc) is 2.69. The zero-order valence-electron chi connectivity index (χ0n) is 16.1. The van der Waals surface area contributed by atoms with Gasteiger partial charge in [-0.3, -0.25) is 14.5 Å². The molecule has 0 aromatic heterocycles. The summed E-state index contributed by atoms with van der Waals surface area (Å²) in [4.78, 5) is 28.7. The molecule has 2 aromatic rings. The molecule has 1 aliphatic heterocycles. The van der Waals surface area contributed by atoms with E-state index in [9.17, 15) is 14.0 Å². The highest BCUT2D eigenvalue weighted by Crippen LogP contribution is 2.20. The molecule has 0 aliphatic carbocycles. The Balaban J connectivity index is 0.00000300. The first-order chi connectivity index (χ1) is 13.4. The topological polar surface area (TPSA) is 52.7 Å². The molecule has 2 aromatic carbocycles. The van der Waals surface area contributed by atoms with Gasteiger partial charge in [0.25, 0.3) is 0 Å². The molecular weight excluding hydrogens is 416 g/mol. The summed E-state index contributed by atoms with van der Waals surface area (Å²) < 4.78 is 13.0. The lowest BCUT2D eigenvalue weighted by Gasteiger charge is -2.36. The molecule has 8 heteroatoms. The van der Waals surface area contributed by atoms with Crippen LogP contribution in [0.15, 0.2) is 48.5 Å². The first-order valence-electron chi connectivity index (χ1n) is 9.20. The Morgan fingerprint density at radius 2 is 1.62 bits per heavy atom. The van der Waals surface area contributed by atoms with Crippen molar-refractivity contribution < 1.29 is 14.0 Å². The molecule has 29 heavy (non-hydrogen) atoms. The predicted octanol–water partition coefficient (Wildman–Crippen LogP) is 3.42. The molecule has 1 saturated heterocycles. The summed E-state index contributed by atoms with van der Waals surface area (Å²) in [5, 5.41) is 3.32. The van der Waals surface area contributed by atoms with Gasteiger partial charge in [-0.25, -0.2) is 4.39 Å². The molecular formula is C21H24Cl2FN3O2. The zero-order valence-corrected chi connectivity index (χ0v) is 17.7.